The molecule has 4 atom stereocenters. The van der Waals surface area contributed by atoms with Crippen molar-refractivity contribution in [3.63, 3.8) is 0 Å². The second kappa shape index (κ2) is 12.0. The Hall–Kier alpha value is -3.15. The summed E-state index contributed by atoms with van der Waals surface area (Å²) in [5.41, 5.74) is 0.829. The number of ether oxygens (including phenoxy) is 1. The highest BCUT2D eigenvalue weighted by Crippen LogP contribution is 2.52. The number of carboxylic acid groups (broad SMARTS) is 1. The molecule has 2 aromatic carbocycles. The first-order valence-electron chi connectivity index (χ1n) is 12.6. The number of carbonyl (C=O) groups is 3. The first kappa shape index (κ1) is 26.5. The largest absolute Gasteiger partial charge is 0.481 e. The van der Waals surface area contributed by atoms with Gasteiger partial charge in [0, 0.05) is 13.0 Å². The third kappa shape index (κ3) is 6.50. The highest BCUT2D eigenvalue weighted by atomic mass is 16.5. The zero-order valence-electron chi connectivity index (χ0n) is 20.9. The fraction of sp³-hybridized carbons (Fsp3) is 0.483. The summed E-state index contributed by atoms with van der Waals surface area (Å²) in [5, 5.41) is 12.9. The van der Waals surface area contributed by atoms with E-state index in [1.54, 1.807) is 0 Å². The summed E-state index contributed by atoms with van der Waals surface area (Å²) < 4.78 is 6.26. The molecule has 1 aliphatic carbocycles. The fourth-order valence-corrected chi connectivity index (χ4v) is 5.47. The number of hydrogen-bond donors (Lipinski definition) is 2. The van der Waals surface area contributed by atoms with E-state index in [9.17, 15) is 19.5 Å². The van der Waals surface area contributed by atoms with Crippen LogP contribution in [0.3, 0.4) is 0 Å². The Morgan fingerprint density at radius 1 is 1.00 bits per heavy atom. The standard InChI is InChI=1S/C29H37NO5/c1-4-5-12-17-29(18-24(20(2)30-21(3)31)25(19-29)27(32)33)28(34)35-26(22-13-8-6-9-14-22)23-15-10-7-11-16-23/h6-11,13-16,20,24-26H,4-5,12,17-19H2,1-3H3,(H,30,31)(H,32,33). The summed E-state index contributed by atoms with van der Waals surface area (Å²) in [5.74, 6) is -2.56. The molecule has 1 fully saturated rings. The maximum atomic E-state index is 14.0. The van der Waals surface area contributed by atoms with Gasteiger partial charge in [-0.1, -0.05) is 86.8 Å². The molecule has 0 heterocycles. The smallest absolute Gasteiger partial charge is 0.313 e. The van der Waals surface area contributed by atoms with E-state index >= 15 is 0 Å². The molecule has 0 radical (unpaired) electrons. The normalized spacial score (nSPS) is 22.5. The molecule has 0 spiro atoms. The third-order valence-corrected chi connectivity index (χ3v) is 7.27. The number of hydrogen-bond acceptors (Lipinski definition) is 4. The van der Waals surface area contributed by atoms with Crippen molar-refractivity contribution in [3.05, 3.63) is 71.8 Å². The summed E-state index contributed by atoms with van der Waals surface area (Å²) in [7, 11) is 0. The van der Waals surface area contributed by atoms with Gasteiger partial charge in [0.2, 0.25) is 5.91 Å². The molecule has 0 aromatic heterocycles. The predicted octanol–water partition coefficient (Wildman–Crippen LogP) is 5.52. The number of esters is 1. The van der Waals surface area contributed by atoms with E-state index in [2.05, 4.69) is 12.2 Å². The van der Waals surface area contributed by atoms with Gasteiger partial charge in [0.05, 0.1) is 11.3 Å². The predicted molar refractivity (Wildman–Crippen MR) is 135 cm³/mol. The number of carbonyl (C=O) groups excluding carboxylic acids is 2. The van der Waals surface area contributed by atoms with Gasteiger partial charge in [-0.05, 0) is 43.2 Å². The quantitative estimate of drug-likeness (QED) is 0.327. The van der Waals surface area contributed by atoms with Crippen molar-refractivity contribution in [1.82, 2.24) is 5.32 Å². The molecule has 6 heteroatoms. The molecule has 1 saturated carbocycles. The minimum absolute atomic E-state index is 0.207. The first-order chi connectivity index (χ1) is 16.8. The van der Waals surface area contributed by atoms with Crippen LogP contribution < -0.4 is 5.32 Å². The van der Waals surface area contributed by atoms with Crippen LogP contribution in [-0.4, -0.2) is 29.0 Å². The van der Waals surface area contributed by atoms with Gasteiger partial charge in [-0.15, -0.1) is 0 Å². The Bertz CT molecular complexity index is 953. The monoisotopic (exact) mass is 479 g/mol. The van der Waals surface area contributed by atoms with E-state index in [0.29, 0.717) is 12.8 Å². The molecule has 4 unspecified atom stereocenters. The summed E-state index contributed by atoms with van der Waals surface area (Å²) in [4.78, 5) is 37.9. The number of carboxylic acids is 1. The third-order valence-electron chi connectivity index (χ3n) is 7.27. The highest BCUT2D eigenvalue weighted by Gasteiger charge is 2.55. The van der Waals surface area contributed by atoms with Gasteiger partial charge in [-0.2, -0.15) is 0 Å². The molecule has 0 saturated heterocycles. The molecule has 1 amide bonds. The number of aliphatic carboxylic acids is 1. The Morgan fingerprint density at radius 3 is 2.06 bits per heavy atom. The van der Waals surface area contributed by atoms with Gasteiger partial charge in [-0.3, -0.25) is 14.4 Å². The lowest BCUT2D eigenvalue weighted by Crippen LogP contribution is -2.40. The number of rotatable bonds is 11. The van der Waals surface area contributed by atoms with Crippen LogP contribution >= 0.6 is 0 Å². The summed E-state index contributed by atoms with van der Waals surface area (Å²) >= 11 is 0. The maximum absolute atomic E-state index is 14.0. The topological polar surface area (TPSA) is 92.7 Å². The SMILES string of the molecule is CCCCCC1(C(=O)OC(c2ccccc2)c2ccccc2)CC(C(=O)O)C(C(C)NC(C)=O)C1. The van der Waals surface area contributed by atoms with Gasteiger partial charge in [0.25, 0.3) is 0 Å². The van der Waals surface area contributed by atoms with Crippen molar-refractivity contribution in [1.29, 1.82) is 0 Å². The number of benzene rings is 2. The molecule has 3 rings (SSSR count). The lowest BCUT2D eigenvalue weighted by molar-refractivity contribution is -0.161. The Labute approximate surface area is 208 Å². The van der Waals surface area contributed by atoms with Crippen molar-refractivity contribution in [2.24, 2.45) is 17.3 Å². The van der Waals surface area contributed by atoms with Crippen LogP contribution in [0.15, 0.2) is 60.7 Å². The second-order valence-corrected chi connectivity index (χ2v) is 9.85. The van der Waals surface area contributed by atoms with Crippen molar-refractivity contribution < 1.29 is 24.2 Å². The molecule has 0 aliphatic heterocycles. The molecule has 2 aromatic rings. The molecule has 6 nitrogen and oxygen atoms in total. The van der Waals surface area contributed by atoms with Crippen LogP contribution in [0.4, 0.5) is 0 Å². The van der Waals surface area contributed by atoms with E-state index in [1.165, 1.54) is 6.92 Å². The Balaban J connectivity index is 1.95. The van der Waals surface area contributed by atoms with Crippen LogP contribution in [0.1, 0.15) is 76.5 Å². The molecular weight excluding hydrogens is 442 g/mol. The van der Waals surface area contributed by atoms with Crippen LogP contribution in [0.5, 0.6) is 0 Å². The maximum Gasteiger partial charge on any atom is 0.313 e. The molecule has 188 valence electrons. The zero-order chi connectivity index (χ0) is 25.4. The van der Waals surface area contributed by atoms with Crippen molar-refractivity contribution in [2.45, 2.75) is 71.4 Å². The van der Waals surface area contributed by atoms with Crippen LogP contribution in [0, 0.1) is 17.3 Å². The summed E-state index contributed by atoms with van der Waals surface area (Å²) in [6.45, 7) is 5.35. The van der Waals surface area contributed by atoms with Crippen LogP contribution in [0.25, 0.3) is 0 Å². The van der Waals surface area contributed by atoms with E-state index < -0.39 is 23.4 Å². The Morgan fingerprint density at radius 2 is 1.57 bits per heavy atom. The molecular formula is C29H37NO5. The average molecular weight is 480 g/mol. The zero-order valence-corrected chi connectivity index (χ0v) is 20.9. The first-order valence-corrected chi connectivity index (χ1v) is 12.6. The van der Waals surface area contributed by atoms with Crippen LogP contribution in [0.2, 0.25) is 0 Å². The van der Waals surface area contributed by atoms with Crippen molar-refractivity contribution in [3.8, 4) is 0 Å². The molecule has 35 heavy (non-hydrogen) atoms. The summed E-state index contributed by atoms with van der Waals surface area (Å²) in [6.07, 6.45) is 3.36. The lowest BCUT2D eigenvalue weighted by Gasteiger charge is -2.31. The summed E-state index contributed by atoms with van der Waals surface area (Å²) in [6, 6.07) is 18.9. The van der Waals surface area contributed by atoms with Gasteiger partial charge in [0.15, 0.2) is 6.10 Å². The van der Waals surface area contributed by atoms with Crippen LogP contribution in [-0.2, 0) is 19.1 Å². The van der Waals surface area contributed by atoms with Gasteiger partial charge in [-0.25, -0.2) is 0 Å². The van der Waals surface area contributed by atoms with Crippen molar-refractivity contribution in [2.75, 3.05) is 0 Å². The minimum Gasteiger partial charge on any atom is -0.481 e. The number of amides is 1. The number of unbranched alkanes of at least 4 members (excludes halogenated alkanes) is 2. The van der Waals surface area contributed by atoms with Gasteiger partial charge < -0.3 is 15.2 Å². The Kier molecular flexibility index (Phi) is 9.07. The molecule has 0 bridgehead atoms. The molecule has 1 aliphatic rings. The van der Waals surface area contributed by atoms with Gasteiger partial charge >= 0.3 is 11.9 Å². The minimum atomic E-state index is -0.931. The van der Waals surface area contributed by atoms with Gasteiger partial charge in [0.1, 0.15) is 0 Å². The number of nitrogens with one attached hydrogen (secondary N) is 1. The van der Waals surface area contributed by atoms with E-state index in [0.717, 1.165) is 30.4 Å². The highest BCUT2D eigenvalue weighted by molar-refractivity contribution is 5.81. The van der Waals surface area contributed by atoms with E-state index in [1.807, 2.05) is 67.6 Å². The van der Waals surface area contributed by atoms with Crippen molar-refractivity contribution >= 4 is 17.8 Å². The van der Waals surface area contributed by atoms with E-state index in [4.69, 9.17) is 4.74 Å². The second-order valence-electron chi connectivity index (χ2n) is 9.85. The fourth-order valence-electron chi connectivity index (χ4n) is 5.47. The van der Waals surface area contributed by atoms with E-state index in [-0.39, 0.29) is 30.3 Å². The lowest BCUT2D eigenvalue weighted by atomic mass is 9.79. The average Bonchev–Trinajstić information content (AvgIpc) is 3.25. The molecule has 2 N–H and O–H groups in total.